The lowest BCUT2D eigenvalue weighted by Crippen LogP contribution is -2.63. The van der Waals surface area contributed by atoms with Gasteiger partial charge in [-0.15, -0.1) is 12.4 Å². The number of halogens is 2. The number of benzene rings is 1. The van der Waals surface area contributed by atoms with Crippen molar-refractivity contribution in [2.75, 3.05) is 13.1 Å². The van der Waals surface area contributed by atoms with Gasteiger partial charge in [0.25, 0.3) is 0 Å². The summed E-state index contributed by atoms with van der Waals surface area (Å²) >= 11 is 5.93. The molecule has 2 rings (SSSR count). The second-order valence-electron chi connectivity index (χ2n) is 3.72. The van der Waals surface area contributed by atoms with E-state index in [1.165, 1.54) is 11.1 Å². The molecule has 0 radical (unpaired) electrons. The van der Waals surface area contributed by atoms with E-state index in [4.69, 9.17) is 17.3 Å². The Morgan fingerprint density at radius 2 is 2.07 bits per heavy atom. The summed E-state index contributed by atoms with van der Waals surface area (Å²) in [6.07, 6.45) is 0. The quantitative estimate of drug-likeness (QED) is 0.776. The lowest BCUT2D eigenvalue weighted by molar-refractivity contribution is 0.286. The van der Waals surface area contributed by atoms with Crippen LogP contribution in [-0.4, -0.2) is 13.1 Å². The molecule has 14 heavy (non-hydrogen) atoms. The molecular weight excluding hydrogens is 219 g/mol. The zero-order valence-electron chi connectivity index (χ0n) is 8.01. The first kappa shape index (κ1) is 11.8. The van der Waals surface area contributed by atoms with Crippen molar-refractivity contribution in [1.82, 2.24) is 5.32 Å². The van der Waals surface area contributed by atoms with Gasteiger partial charge in [0, 0.05) is 18.1 Å². The van der Waals surface area contributed by atoms with Crippen molar-refractivity contribution in [2.45, 2.75) is 12.5 Å². The summed E-state index contributed by atoms with van der Waals surface area (Å²) in [5.41, 5.74) is 8.35. The van der Waals surface area contributed by atoms with Crippen molar-refractivity contribution in [3.05, 3.63) is 34.3 Å². The third-order valence-corrected chi connectivity index (χ3v) is 2.85. The molecule has 78 valence electrons. The zero-order chi connectivity index (χ0) is 9.47. The molecule has 1 aliphatic heterocycles. The fourth-order valence-electron chi connectivity index (χ4n) is 1.72. The number of nitrogens with two attached hydrogens (primary N) is 1. The van der Waals surface area contributed by atoms with Gasteiger partial charge in [-0.3, -0.25) is 0 Å². The van der Waals surface area contributed by atoms with E-state index in [2.05, 4.69) is 12.2 Å². The average molecular weight is 233 g/mol. The van der Waals surface area contributed by atoms with Crippen molar-refractivity contribution in [3.8, 4) is 0 Å². The Balaban J connectivity index is 0.000000980. The first-order valence-corrected chi connectivity index (χ1v) is 4.76. The van der Waals surface area contributed by atoms with Crippen LogP contribution in [-0.2, 0) is 5.54 Å². The topological polar surface area (TPSA) is 38.0 Å². The van der Waals surface area contributed by atoms with Crippen molar-refractivity contribution < 1.29 is 0 Å². The van der Waals surface area contributed by atoms with Crippen LogP contribution in [0.3, 0.4) is 0 Å². The minimum absolute atomic E-state index is 0. The smallest absolute Gasteiger partial charge is 0.0665 e. The lowest BCUT2D eigenvalue weighted by Gasteiger charge is -2.40. The highest BCUT2D eigenvalue weighted by molar-refractivity contribution is 6.30. The minimum Gasteiger partial charge on any atom is -0.319 e. The summed E-state index contributed by atoms with van der Waals surface area (Å²) in [6, 6.07) is 5.89. The molecule has 2 nitrogen and oxygen atoms in total. The molecule has 0 bridgehead atoms. The first-order chi connectivity index (χ1) is 6.12. The Bertz CT molecular complexity index is 335. The molecule has 1 aromatic rings. The molecule has 0 unspecified atom stereocenters. The molecule has 1 heterocycles. The molecule has 1 saturated heterocycles. The Labute approximate surface area is 95.2 Å². The summed E-state index contributed by atoms with van der Waals surface area (Å²) < 4.78 is 0. The van der Waals surface area contributed by atoms with E-state index < -0.39 is 0 Å². The van der Waals surface area contributed by atoms with Gasteiger partial charge in [-0.05, 0) is 30.2 Å². The molecule has 0 atom stereocenters. The van der Waals surface area contributed by atoms with E-state index >= 15 is 0 Å². The van der Waals surface area contributed by atoms with Gasteiger partial charge in [-0.1, -0.05) is 17.7 Å². The van der Waals surface area contributed by atoms with Gasteiger partial charge >= 0.3 is 0 Å². The number of hydrogen-bond acceptors (Lipinski definition) is 2. The SMILES string of the molecule is Cc1ccc(Cl)cc1C1(N)CNC1.Cl. The van der Waals surface area contributed by atoms with E-state index in [1.807, 2.05) is 18.2 Å². The van der Waals surface area contributed by atoms with E-state index in [-0.39, 0.29) is 17.9 Å². The highest BCUT2D eigenvalue weighted by Crippen LogP contribution is 2.27. The third kappa shape index (κ3) is 1.89. The third-order valence-electron chi connectivity index (χ3n) is 2.62. The lowest BCUT2D eigenvalue weighted by atomic mass is 9.83. The predicted molar refractivity (Wildman–Crippen MR) is 62.2 cm³/mol. The van der Waals surface area contributed by atoms with Crippen molar-refractivity contribution in [3.63, 3.8) is 0 Å². The van der Waals surface area contributed by atoms with Crippen LogP contribution >= 0.6 is 24.0 Å². The molecule has 0 saturated carbocycles. The van der Waals surface area contributed by atoms with Crippen LogP contribution in [0.1, 0.15) is 11.1 Å². The molecule has 0 aromatic heterocycles. The van der Waals surface area contributed by atoms with Gasteiger partial charge in [-0.2, -0.15) is 0 Å². The second-order valence-corrected chi connectivity index (χ2v) is 4.16. The van der Waals surface area contributed by atoms with Crippen molar-refractivity contribution in [2.24, 2.45) is 5.73 Å². The van der Waals surface area contributed by atoms with Gasteiger partial charge in [0.05, 0.1) is 5.54 Å². The number of nitrogens with one attached hydrogen (secondary N) is 1. The highest BCUT2D eigenvalue weighted by atomic mass is 35.5. The molecule has 3 N–H and O–H groups in total. The van der Waals surface area contributed by atoms with Gasteiger partial charge in [0.15, 0.2) is 0 Å². The van der Waals surface area contributed by atoms with E-state index in [0.717, 1.165) is 18.1 Å². The van der Waals surface area contributed by atoms with E-state index in [1.54, 1.807) is 0 Å². The Morgan fingerprint density at radius 3 is 2.57 bits per heavy atom. The van der Waals surface area contributed by atoms with Crippen LogP contribution in [0.15, 0.2) is 18.2 Å². The molecular formula is C10H14Cl2N2. The molecule has 1 fully saturated rings. The highest BCUT2D eigenvalue weighted by Gasteiger charge is 2.35. The molecule has 4 heteroatoms. The summed E-state index contributed by atoms with van der Waals surface area (Å²) in [5, 5.41) is 3.94. The molecule has 0 amide bonds. The normalized spacial score (nSPS) is 18.2. The molecule has 1 aliphatic rings. The van der Waals surface area contributed by atoms with Crippen LogP contribution in [0.5, 0.6) is 0 Å². The predicted octanol–water partition coefficient (Wildman–Crippen LogP) is 1.83. The van der Waals surface area contributed by atoms with Crippen molar-refractivity contribution >= 4 is 24.0 Å². The van der Waals surface area contributed by atoms with Crippen molar-refractivity contribution in [1.29, 1.82) is 0 Å². The Hall–Kier alpha value is -0.280. The Morgan fingerprint density at radius 1 is 1.43 bits per heavy atom. The second kappa shape index (κ2) is 4.07. The van der Waals surface area contributed by atoms with Crippen LogP contribution in [0.4, 0.5) is 0 Å². The zero-order valence-corrected chi connectivity index (χ0v) is 9.58. The maximum atomic E-state index is 6.17. The standard InChI is InChI=1S/C10H13ClN2.ClH/c1-7-2-3-8(11)4-9(7)10(12)5-13-6-10;/h2-4,13H,5-6,12H2,1H3;1H. The monoisotopic (exact) mass is 232 g/mol. The van der Waals surface area contributed by atoms with Crippen LogP contribution in [0, 0.1) is 6.92 Å². The van der Waals surface area contributed by atoms with Gasteiger partial charge in [0.2, 0.25) is 0 Å². The largest absolute Gasteiger partial charge is 0.319 e. The van der Waals surface area contributed by atoms with Crippen LogP contribution in [0.2, 0.25) is 5.02 Å². The molecule has 1 aromatic carbocycles. The number of rotatable bonds is 1. The van der Waals surface area contributed by atoms with E-state index in [0.29, 0.717) is 0 Å². The summed E-state index contributed by atoms with van der Waals surface area (Å²) in [5.74, 6) is 0. The number of hydrogen-bond donors (Lipinski definition) is 2. The maximum absolute atomic E-state index is 6.17. The summed E-state index contributed by atoms with van der Waals surface area (Å²) in [6.45, 7) is 3.75. The van der Waals surface area contributed by atoms with Crippen LogP contribution in [0.25, 0.3) is 0 Å². The van der Waals surface area contributed by atoms with Gasteiger partial charge in [-0.25, -0.2) is 0 Å². The maximum Gasteiger partial charge on any atom is 0.0665 e. The molecule has 0 spiro atoms. The number of aryl methyl sites for hydroxylation is 1. The minimum atomic E-state index is -0.199. The molecule has 0 aliphatic carbocycles. The Kier molecular flexibility index (Phi) is 3.43. The first-order valence-electron chi connectivity index (χ1n) is 4.38. The fourth-order valence-corrected chi connectivity index (χ4v) is 1.89. The average Bonchev–Trinajstić information content (AvgIpc) is 2.05. The van der Waals surface area contributed by atoms with Crippen LogP contribution < -0.4 is 11.1 Å². The van der Waals surface area contributed by atoms with E-state index in [9.17, 15) is 0 Å². The summed E-state index contributed by atoms with van der Waals surface area (Å²) in [4.78, 5) is 0. The summed E-state index contributed by atoms with van der Waals surface area (Å²) in [7, 11) is 0. The fraction of sp³-hybridized carbons (Fsp3) is 0.400. The van der Waals surface area contributed by atoms with Gasteiger partial charge in [0.1, 0.15) is 0 Å². The van der Waals surface area contributed by atoms with Gasteiger partial charge < -0.3 is 11.1 Å².